The highest BCUT2D eigenvalue weighted by Crippen LogP contribution is 2.17. The van der Waals surface area contributed by atoms with Gasteiger partial charge in [0.05, 0.1) is 0 Å². The van der Waals surface area contributed by atoms with Crippen molar-refractivity contribution in [1.82, 2.24) is 0 Å². The van der Waals surface area contributed by atoms with Gasteiger partial charge < -0.3 is 0 Å². The molecule has 1 nitrogen and oxygen atoms in total. The number of hydrogen-bond donors (Lipinski definition) is 0. The summed E-state index contributed by atoms with van der Waals surface area (Å²) in [5.41, 5.74) is 3.05. The Morgan fingerprint density at radius 2 is 2.20 bits per heavy atom. The lowest BCUT2D eigenvalue weighted by molar-refractivity contribution is 0.0988. The molecule has 15 heavy (non-hydrogen) atoms. The maximum atomic E-state index is 11.8. The van der Waals surface area contributed by atoms with Gasteiger partial charge in [-0.2, -0.15) is 0 Å². The number of carbonyl (C=O) groups is 1. The summed E-state index contributed by atoms with van der Waals surface area (Å²) < 4.78 is 0. The fourth-order valence-corrected chi connectivity index (χ4v) is 2.10. The molecule has 0 amide bonds. The standard InChI is InChI=1S/C12H14BrClO/c1-2-9-3-4-10(8-13)11(7-9)12(15)5-6-14/h3-4,7H,2,5-6,8H2,1H3. The first-order valence-corrected chi connectivity index (χ1v) is 6.65. The highest BCUT2D eigenvalue weighted by Gasteiger charge is 2.10. The van der Waals surface area contributed by atoms with Crippen LogP contribution in [0, 0.1) is 0 Å². The van der Waals surface area contributed by atoms with E-state index in [1.54, 1.807) is 0 Å². The van der Waals surface area contributed by atoms with E-state index < -0.39 is 0 Å². The smallest absolute Gasteiger partial charge is 0.164 e. The summed E-state index contributed by atoms with van der Waals surface area (Å²) in [5.74, 6) is 0.520. The van der Waals surface area contributed by atoms with E-state index in [-0.39, 0.29) is 5.78 Å². The topological polar surface area (TPSA) is 17.1 Å². The van der Waals surface area contributed by atoms with E-state index in [0.717, 1.165) is 17.5 Å². The van der Waals surface area contributed by atoms with Gasteiger partial charge in [0.25, 0.3) is 0 Å². The molecule has 0 spiro atoms. The lowest BCUT2D eigenvalue weighted by Gasteiger charge is -2.07. The van der Waals surface area contributed by atoms with Crippen LogP contribution in [-0.4, -0.2) is 11.7 Å². The normalized spacial score (nSPS) is 10.3. The summed E-state index contributed by atoms with van der Waals surface area (Å²) in [5, 5.41) is 0.709. The summed E-state index contributed by atoms with van der Waals surface area (Å²) in [6, 6.07) is 6.05. The van der Waals surface area contributed by atoms with Crippen LogP contribution in [-0.2, 0) is 11.8 Å². The number of Topliss-reactive ketones (excluding diaryl/α,β-unsaturated/α-hetero) is 1. The van der Waals surface area contributed by atoms with Gasteiger partial charge in [-0.15, -0.1) is 11.6 Å². The van der Waals surface area contributed by atoms with E-state index in [2.05, 4.69) is 28.9 Å². The molecule has 0 atom stereocenters. The molecular formula is C12H14BrClO. The third kappa shape index (κ3) is 3.32. The van der Waals surface area contributed by atoms with Crippen molar-refractivity contribution >= 4 is 33.3 Å². The fraction of sp³-hybridized carbons (Fsp3) is 0.417. The molecule has 0 radical (unpaired) electrons. The molecule has 0 aliphatic rings. The Morgan fingerprint density at radius 3 is 2.73 bits per heavy atom. The first-order chi connectivity index (χ1) is 7.22. The van der Waals surface area contributed by atoms with Gasteiger partial charge in [0.2, 0.25) is 0 Å². The fourth-order valence-electron chi connectivity index (χ4n) is 1.44. The molecule has 0 aliphatic heterocycles. The minimum Gasteiger partial charge on any atom is -0.294 e. The number of benzene rings is 1. The number of carbonyl (C=O) groups excluding carboxylic acids is 1. The highest BCUT2D eigenvalue weighted by molar-refractivity contribution is 9.08. The van der Waals surface area contributed by atoms with Gasteiger partial charge in [0, 0.05) is 23.2 Å². The van der Waals surface area contributed by atoms with Gasteiger partial charge in [0.15, 0.2) is 5.78 Å². The molecule has 0 N–H and O–H groups in total. The zero-order chi connectivity index (χ0) is 11.3. The number of alkyl halides is 2. The Bertz CT molecular complexity index is 349. The Morgan fingerprint density at radius 1 is 1.47 bits per heavy atom. The average molecular weight is 290 g/mol. The molecule has 3 heteroatoms. The number of hydrogen-bond acceptors (Lipinski definition) is 1. The second-order valence-corrected chi connectivity index (χ2v) is 4.28. The van der Waals surface area contributed by atoms with E-state index in [1.807, 2.05) is 12.1 Å². The molecular weight excluding hydrogens is 275 g/mol. The van der Waals surface area contributed by atoms with E-state index in [4.69, 9.17) is 11.6 Å². The monoisotopic (exact) mass is 288 g/mol. The van der Waals surface area contributed by atoms with Crippen molar-refractivity contribution in [3.8, 4) is 0 Å². The molecule has 0 bridgehead atoms. The second kappa shape index (κ2) is 6.29. The van der Waals surface area contributed by atoms with Gasteiger partial charge in [-0.25, -0.2) is 0 Å². The van der Waals surface area contributed by atoms with Gasteiger partial charge in [0.1, 0.15) is 0 Å². The Labute approximate surface area is 104 Å². The second-order valence-electron chi connectivity index (χ2n) is 3.34. The molecule has 0 aliphatic carbocycles. The van der Waals surface area contributed by atoms with Gasteiger partial charge in [-0.05, 0) is 23.6 Å². The van der Waals surface area contributed by atoms with Crippen molar-refractivity contribution in [2.24, 2.45) is 0 Å². The molecule has 1 aromatic rings. The summed E-state index contributed by atoms with van der Waals surface area (Å²) >= 11 is 8.97. The number of aryl methyl sites for hydroxylation is 1. The zero-order valence-corrected chi connectivity index (χ0v) is 11.1. The van der Waals surface area contributed by atoms with Crippen LogP contribution in [0.2, 0.25) is 0 Å². The van der Waals surface area contributed by atoms with Crippen molar-refractivity contribution < 1.29 is 4.79 Å². The highest BCUT2D eigenvalue weighted by atomic mass is 79.9. The lowest BCUT2D eigenvalue weighted by Crippen LogP contribution is -2.04. The van der Waals surface area contributed by atoms with Gasteiger partial charge in [-0.1, -0.05) is 35.0 Å². The molecule has 0 saturated heterocycles. The summed E-state index contributed by atoms with van der Waals surface area (Å²) in [7, 11) is 0. The minimum absolute atomic E-state index is 0.134. The molecule has 0 saturated carbocycles. The molecule has 0 heterocycles. The summed E-state index contributed by atoms with van der Waals surface area (Å²) in [4.78, 5) is 11.8. The zero-order valence-electron chi connectivity index (χ0n) is 8.72. The quantitative estimate of drug-likeness (QED) is 0.592. The van der Waals surface area contributed by atoms with Crippen molar-refractivity contribution in [3.05, 3.63) is 34.9 Å². The molecule has 0 aromatic heterocycles. The van der Waals surface area contributed by atoms with Crippen LogP contribution >= 0.6 is 27.5 Å². The lowest BCUT2D eigenvalue weighted by atomic mass is 9.99. The molecule has 1 rings (SSSR count). The number of rotatable bonds is 5. The maximum Gasteiger partial charge on any atom is 0.164 e. The van der Waals surface area contributed by atoms with Crippen LogP contribution in [0.25, 0.3) is 0 Å². The summed E-state index contributed by atoms with van der Waals surface area (Å²) in [6.45, 7) is 2.08. The predicted molar refractivity (Wildman–Crippen MR) is 68.1 cm³/mol. The Hall–Kier alpha value is -0.340. The van der Waals surface area contributed by atoms with Crippen molar-refractivity contribution in [3.63, 3.8) is 0 Å². The SMILES string of the molecule is CCc1ccc(CBr)c(C(=O)CCCl)c1. The summed E-state index contributed by atoms with van der Waals surface area (Å²) in [6.07, 6.45) is 1.36. The average Bonchev–Trinajstić information content (AvgIpc) is 2.28. The minimum atomic E-state index is 0.134. The number of ketones is 1. The molecule has 82 valence electrons. The van der Waals surface area contributed by atoms with Crippen LogP contribution in [0.5, 0.6) is 0 Å². The van der Waals surface area contributed by atoms with E-state index in [0.29, 0.717) is 17.6 Å². The van der Waals surface area contributed by atoms with E-state index in [1.165, 1.54) is 5.56 Å². The molecule has 0 unspecified atom stereocenters. The van der Waals surface area contributed by atoms with Crippen molar-refractivity contribution in [2.75, 3.05) is 5.88 Å². The van der Waals surface area contributed by atoms with Crippen LogP contribution < -0.4 is 0 Å². The molecule has 0 fully saturated rings. The third-order valence-electron chi connectivity index (χ3n) is 2.35. The first kappa shape index (κ1) is 12.7. The van der Waals surface area contributed by atoms with E-state index in [9.17, 15) is 4.79 Å². The first-order valence-electron chi connectivity index (χ1n) is 4.99. The third-order valence-corrected chi connectivity index (χ3v) is 3.14. The van der Waals surface area contributed by atoms with Crippen molar-refractivity contribution in [1.29, 1.82) is 0 Å². The van der Waals surface area contributed by atoms with Crippen LogP contribution in [0.4, 0.5) is 0 Å². The van der Waals surface area contributed by atoms with Crippen LogP contribution in [0.3, 0.4) is 0 Å². The van der Waals surface area contributed by atoms with Crippen molar-refractivity contribution in [2.45, 2.75) is 25.1 Å². The Balaban J connectivity index is 3.05. The van der Waals surface area contributed by atoms with E-state index >= 15 is 0 Å². The number of halogens is 2. The van der Waals surface area contributed by atoms with Crippen LogP contribution in [0.15, 0.2) is 18.2 Å². The molecule has 1 aromatic carbocycles. The Kier molecular flexibility index (Phi) is 5.34. The largest absolute Gasteiger partial charge is 0.294 e. The van der Waals surface area contributed by atoms with Gasteiger partial charge in [-0.3, -0.25) is 4.79 Å². The maximum absolute atomic E-state index is 11.8. The predicted octanol–water partition coefficient (Wildman–Crippen LogP) is 3.96. The van der Waals surface area contributed by atoms with Crippen LogP contribution in [0.1, 0.15) is 34.8 Å². The van der Waals surface area contributed by atoms with Gasteiger partial charge >= 0.3 is 0 Å².